The molecule has 0 radical (unpaired) electrons. The minimum Gasteiger partial charge on any atom is -0.379 e. The first-order valence-electron chi connectivity index (χ1n) is 5.30. The first-order valence-corrected chi connectivity index (χ1v) is 5.93. The summed E-state index contributed by atoms with van der Waals surface area (Å²) in [6, 6.07) is 0. The van der Waals surface area contributed by atoms with Crippen LogP contribution in [0.5, 0.6) is 0 Å². The third kappa shape index (κ3) is 2.50. The van der Waals surface area contributed by atoms with E-state index in [1.54, 1.807) is 11.7 Å². The Hall–Kier alpha value is -1.34. The molecule has 7 heteroatoms. The van der Waals surface area contributed by atoms with E-state index in [0.29, 0.717) is 36.5 Å². The zero-order valence-electron chi connectivity index (χ0n) is 9.54. The molecule has 0 aromatic carbocycles. The molecule has 0 aliphatic carbocycles. The molecule has 0 amide bonds. The van der Waals surface area contributed by atoms with Gasteiger partial charge in [0, 0.05) is 12.8 Å². The molecule has 2 aromatic rings. The average molecular weight is 254 g/mol. The molecule has 17 heavy (non-hydrogen) atoms. The van der Waals surface area contributed by atoms with Crippen LogP contribution in [0.3, 0.4) is 0 Å². The van der Waals surface area contributed by atoms with Gasteiger partial charge >= 0.3 is 0 Å². The van der Waals surface area contributed by atoms with Gasteiger partial charge in [-0.05, 0) is 0 Å². The van der Waals surface area contributed by atoms with Gasteiger partial charge in [0.15, 0.2) is 5.65 Å². The Balaban J connectivity index is 2.18. The van der Waals surface area contributed by atoms with Crippen molar-refractivity contribution in [2.24, 2.45) is 7.05 Å². The maximum atomic E-state index is 12.0. The molecule has 0 spiro atoms. The van der Waals surface area contributed by atoms with E-state index in [1.807, 2.05) is 0 Å². The van der Waals surface area contributed by atoms with E-state index in [4.69, 9.17) is 4.74 Å². The van der Waals surface area contributed by atoms with E-state index in [1.165, 1.54) is 17.1 Å². The Morgan fingerprint density at radius 1 is 1.47 bits per heavy atom. The van der Waals surface area contributed by atoms with Crippen LogP contribution in [-0.2, 0) is 18.3 Å². The van der Waals surface area contributed by atoms with Crippen LogP contribution < -0.4 is 5.56 Å². The molecule has 0 bridgehead atoms. The van der Waals surface area contributed by atoms with Crippen molar-refractivity contribution in [2.75, 3.05) is 19.0 Å². The molecule has 0 aliphatic rings. The number of rotatable bonds is 5. The Morgan fingerprint density at radius 2 is 2.29 bits per heavy atom. The lowest BCUT2D eigenvalue weighted by Gasteiger charge is -2.05. The molecule has 2 aromatic heterocycles. The lowest BCUT2D eigenvalue weighted by atomic mass is 10.4. The maximum absolute atomic E-state index is 12.0. The minimum absolute atomic E-state index is 0.0856. The first-order chi connectivity index (χ1) is 8.24. The summed E-state index contributed by atoms with van der Waals surface area (Å²) in [4.78, 5) is 16.2. The van der Waals surface area contributed by atoms with E-state index < -0.39 is 0 Å². The quantitative estimate of drug-likeness (QED) is 0.606. The highest BCUT2D eigenvalue weighted by atomic mass is 32.1. The summed E-state index contributed by atoms with van der Waals surface area (Å²) in [7, 11) is 1.76. The van der Waals surface area contributed by atoms with Crippen molar-refractivity contribution < 1.29 is 4.74 Å². The summed E-state index contributed by atoms with van der Waals surface area (Å²) in [5.74, 6) is 0.675. The molecule has 0 atom stereocenters. The number of aryl methyl sites for hydroxylation is 1. The van der Waals surface area contributed by atoms with Gasteiger partial charge in [-0.3, -0.25) is 14.0 Å². The van der Waals surface area contributed by atoms with Crippen LogP contribution in [-0.4, -0.2) is 38.3 Å². The normalized spacial score (nSPS) is 11.2. The highest BCUT2D eigenvalue weighted by molar-refractivity contribution is 7.80. The molecule has 0 saturated carbocycles. The minimum atomic E-state index is -0.0856. The molecule has 0 N–H and O–H groups in total. The summed E-state index contributed by atoms with van der Waals surface area (Å²) in [6.45, 7) is 1.55. The van der Waals surface area contributed by atoms with Gasteiger partial charge in [-0.1, -0.05) is 0 Å². The second-order valence-corrected chi connectivity index (χ2v) is 4.03. The predicted molar refractivity (Wildman–Crippen MR) is 67.4 cm³/mol. The molecule has 6 nitrogen and oxygen atoms in total. The molecule has 92 valence electrons. The van der Waals surface area contributed by atoms with Gasteiger partial charge in [-0.2, -0.15) is 17.7 Å². The highest BCUT2D eigenvalue weighted by Gasteiger charge is 2.07. The van der Waals surface area contributed by atoms with Crippen LogP contribution in [0.1, 0.15) is 0 Å². The summed E-state index contributed by atoms with van der Waals surface area (Å²) in [5.41, 5.74) is 0.514. The molecule has 2 rings (SSSR count). The standard InChI is InChI=1S/C10H14N4O2S/c1-13-9-8(6-12-13)10(15)14(7-11-9)2-3-16-4-5-17/h6-7,17H,2-5H2,1H3. The highest BCUT2D eigenvalue weighted by Crippen LogP contribution is 2.02. The van der Waals surface area contributed by atoms with Crippen molar-refractivity contribution in [3.05, 3.63) is 22.9 Å². The van der Waals surface area contributed by atoms with Gasteiger partial charge in [0.25, 0.3) is 5.56 Å². The van der Waals surface area contributed by atoms with Crippen molar-refractivity contribution in [2.45, 2.75) is 6.54 Å². The van der Waals surface area contributed by atoms with Crippen molar-refractivity contribution in [1.29, 1.82) is 0 Å². The van der Waals surface area contributed by atoms with Gasteiger partial charge in [-0.25, -0.2) is 4.98 Å². The second-order valence-electron chi connectivity index (χ2n) is 3.58. The molecule has 0 aliphatic heterocycles. The van der Waals surface area contributed by atoms with E-state index in [9.17, 15) is 4.79 Å². The topological polar surface area (TPSA) is 61.9 Å². The van der Waals surface area contributed by atoms with Gasteiger partial charge in [-0.15, -0.1) is 0 Å². The molecular formula is C10H14N4O2S. The third-order valence-electron chi connectivity index (χ3n) is 2.43. The maximum Gasteiger partial charge on any atom is 0.264 e. The number of hydrogen-bond donors (Lipinski definition) is 1. The molecular weight excluding hydrogens is 240 g/mol. The molecule has 0 saturated heterocycles. The fourth-order valence-electron chi connectivity index (χ4n) is 1.56. The summed E-state index contributed by atoms with van der Waals surface area (Å²) >= 11 is 4.04. The van der Waals surface area contributed by atoms with E-state index in [0.717, 1.165) is 0 Å². The fourth-order valence-corrected chi connectivity index (χ4v) is 1.68. The van der Waals surface area contributed by atoms with Gasteiger partial charge in [0.1, 0.15) is 11.7 Å². The second kappa shape index (κ2) is 5.33. The zero-order valence-corrected chi connectivity index (χ0v) is 10.4. The molecule has 2 heterocycles. The number of nitrogens with zero attached hydrogens (tertiary/aromatic N) is 4. The average Bonchev–Trinajstić information content (AvgIpc) is 2.70. The van der Waals surface area contributed by atoms with Crippen LogP contribution in [0.4, 0.5) is 0 Å². The summed E-state index contributed by atoms with van der Waals surface area (Å²) in [6.07, 6.45) is 3.06. The Bertz CT molecular complexity index is 563. The number of fused-ring (bicyclic) bond motifs is 1. The summed E-state index contributed by atoms with van der Waals surface area (Å²) < 4.78 is 8.39. The van der Waals surface area contributed by atoms with Crippen molar-refractivity contribution in [1.82, 2.24) is 19.3 Å². The van der Waals surface area contributed by atoms with E-state index >= 15 is 0 Å². The first kappa shape index (κ1) is 12.1. The number of hydrogen-bond acceptors (Lipinski definition) is 5. The van der Waals surface area contributed by atoms with Crippen LogP contribution in [0.25, 0.3) is 11.0 Å². The van der Waals surface area contributed by atoms with Crippen LogP contribution in [0.2, 0.25) is 0 Å². The Morgan fingerprint density at radius 3 is 3.06 bits per heavy atom. The van der Waals surface area contributed by atoms with Crippen LogP contribution in [0, 0.1) is 0 Å². The number of thiol groups is 1. The van der Waals surface area contributed by atoms with Gasteiger partial charge in [0.2, 0.25) is 0 Å². The van der Waals surface area contributed by atoms with Crippen LogP contribution in [0.15, 0.2) is 17.3 Å². The molecule has 0 unspecified atom stereocenters. The van der Waals surface area contributed by atoms with Crippen molar-refractivity contribution in [3.63, 3.8) is 0 Å². The molecule has 0 fully saturated rings. The van der Waals surface area contributed by atoms with E-state index in [2.05, 4.69) is 22.7 Å². The summed E-state index contributed by atoms with van der Waals surface area (Å²) in [5, 5.41) is 4.54. The fraction of sp³-hybridized carbons (Fsp3) is 0.500. The lowest BCUT2D eigenvalue weighted by Crippen LogP contribution is -2.23. The monoisotopic (exact) mass is 254 g/mol. The van der Waals surface area contributed by atoms with Gasteiger partial charge in [0.05, 0.1) is 26.0 Å². The zero-order chi connectivity index (χ0) is 12.3. The largest absolute Gasteiger partial charge is 0.379 e. The van der Waals surface area contributed by atoms with E-state index in [-0.39, 0.29) is 5.56 Å². The van der Waals surface area contributed by atoms with Gasteiger partial charge < -0.3 is 4.74 Å². The Labute approximate surface area is 104 Å². The SMILES string of the molecule is Cn1ncc2c(=O)n(CCOCCS)cnc21. The number of ether oxygens (including phenoxy) is 1. The Kier molecular flexibility index (Phi) is 3.80. The van der Waals surface area contributed by atoms with Crippen molar-refractivity contribution >= 4 is 23.7 Å². The predicted octanol–water partition coefficient (Wildman–Crippen LogP) is 0.0764. The number of aromatic nitrogens is 4. The van der Waals surface area contributed by atoms with Crippen LogP contribution >= 0.6 is 12.6 Å². The lowest BCUT2D eigenvalue weighted by molar-refractivity contribution is 0.140. The third-order valence-corrected chi connectivity index (χ3v) is 2.61. The smallest absolute Gasteiger partial charge is 0.264 e. The van der Waals surface area contributed by atoms with Crippen molar-refractivity contribution in [3.8, 4) is 0 Å².